The van der Waals surface area contributed by atoms with Crippen LogP contribution in [0.15, 0.2) is 49.2 Å². The number of aromatic nitrogens is 4. The van der Waals surface area contributed by atoms with Crippen LogP contribution in [0.3, 0.4) is 0 Å². The van der Waals surface area contributed by atoms with Crippen LogP contribution in [-0.4, -0.2) is 24.9 Å². The first-order chi connectivity index (χ1) is 12.1. The molecule has 25 heavy (non-hydrogen) atoms. The summed E-state index contributed by atoms with van der Waals surface area (Å²) in [7, 11) is 0. The fourth-order valence-corrected chi connectivity index (χ4v) is 2.19. The highest BCUT2D eigenvalue weighted by Crippen LogP contribution is 2.31. The van der Waals surface area contributed by atoms with Gasteiger partial charge in [-0.15, -0.1) is 0 Å². The van der Waals surface area contributed by atoms with Crippen molar-refractivity contribution < 1.29 is 4.92 Å². The summed E-state index contributed by atoms with van der Waals surface area (Å²) < 4.78 is 0. The van der Waals surface area contributed by atoms with Crippen molar-refractivity contribution in [3.05, 3.63) is 70.4 Å². The molecule has 0 amide bonds. The van der Waals surface area contributed by atoms with Crippen LogP contribution in [-0.2, 0) is 6.54 Å². The van der Waals surface area contributed by atoms with E-state index in [2.05, 4.69) is 30.6 Å². The number of hydrogen-bond acceptors (Lipinski definition) is 8. The molecule has 3 aromatic heterocycles. The zero-order valence-electron chi connectivity index (χ0n) is 13.4. The Morgan fingerprint density at radius 2 is 1.88 bits per heavy atom. The van der Waals surface area contributed by atoms with Gasteiger partial charge in [0.1, 0.15) is 12.1 Å². The standard InChI is InChI=1S/C16H15N7O2/c1-11-4-2-7-18-14(11)22-16-13(23(24)25)15(20-10-21-16)19-9-12-5-3-6-17-8-12/h2-8,10H,9H2,1H3,(H2,18,19,20,21,22). The molecule has 9 nitrogen and oxygen atoms in total. The smallest absolute Gasteiger partial charge is 0.353 e. The molecular weight excluding hydrogens is 322 g/mol. The Kier molecular flexibility index (Phi) is 4.74. The zero-order valence-corrected chi connectivity index (χ0v) is 13.4. The molecule has 0 bridgehead atoms. The number of rotatable bonds is 6. The van der Waals surface area contributed by atoms with Crippen molar-refractivity contribution in [2.75, 3.05) is 10.6 Å². The molecule has 0 radical (unpaired) electrons. The van der Waals surface area contributed by atoms with Crippen LogP contribution in [0.2, 0.25) is 0 Å². The average Bonchev–Trinajstić information content (AvgIpc) is 2.62. The predicted molar refractivity (Wildman–Crippen MR) is 92.5 cm³/mol. The van der Waals surface area contributed by atoms with Crippen molar-refractivity contribution >= 4 is 23.1 Å². The number of hydrogen-bond donors (Lipinski definition) is 2. The highest BCUT2D eigenvalue weighted by atomic mass is 16.6. The SMILES string of the molecule is Cc1cccnc1Nc1ncnc(NCc2cccnc2)c1[N+](=O)[O-]. The quantitative estimate of drug-likeness (QED) is 0.520. The normalized spacial score (nSPS) is 10.3. The molecule has 0 saturated carbocycles. The van der Waals surface area contributed by atoms with E-state index < -0.39 is 4.92 Å². The third kappa shape index (κ3) is 3.83. The maximum absolute atomic E-state index is 11.5. The van der Waals surface area contributed by atoms with E-state index >= 15 is 0 Å². The number of nitrogens with zero attached hydrogens (tertiary/aromatic N) is 5. The lowest BCUT2D eigenvalue weighted by Gasteiger charge is -2.10. The van der Waals surface area contributed by atoms with Crippen LogP contribution in [0.4, 0.5) is 23.1 Å². The summed E-state index contributed by atoms with van der Waals surface area (Å²) in [4.78, 5) is 27.2. The minimum Gasteiger partial charge on any atom is -0.360 e. The van der Waals surface area contributed by atoms with Gasteiger partial charge in [-0.05, 0) is 30.2 Å². The summed E-state index contributed by atoms with van der Waals surface area (Å²) in [6.07, 6.45) is 6.20. The number of pyridine rings is 2. The number of nitrogens with one attached hydrogen (secondary N) is 2. The van der Waals surface area contributed by atoms with Gasteiger partial charge in [-0.3, -0.25) is 15.1 Å². The van der Waals surface area contributed by atoms with Crippen LogP contribution in [0.1, 0.15) is 11.1 Å². The average molecular weight is 337 g/mol. The molecule has 0 aromatic carbocycles. The van der Waals surface area contributed by atoms with E-state index in [0.717, 1.165) is 11.1 Å². The third-order valence-electron chi connectivity index (χ3n) is 3.43. The first-order valence-electron chi connectivity index (χ1n) is 7.46. The van der Waals surface area contributed by atoms with Gasteiger partial charge in [0, 0.05) is 25.1 Å². The summed E-state index contributed by atoms with van der Waals surface area (Å²) in [5, 5.41) is 17.4. The molecule has 2 N–H and O–H groups in total. The molecular formula is C16H15N7O2. The van der Waals surface area contributed by atoms with Gasteiger partial charge >= 0.3 is 5.69 Å². The largest absolute Gasteiger partial charge is 0.360 e. The molecule has 0 aliphatic heterocycles. The van der Waals surface area contributed by atoms with Gasteiger partial charge in [0.2, 0.25) is 11.6 Å². The first-order valence-corrected chi connectivity index (χ1v) is 7.46. The second-order valence-corrected chi connectivity index (χ2v) is 5.19. The number of anilines is 3. The molecule has 3 heterocycles. The molecule has 0 aliphatic rings. The summed E-state index contributed by atoms with van der Waals surface area (Å²) in [6, 6.07) is 7.30. The molecule has 0 spiro atoms. The van der Waals surface area contributed by atoms with Gasteiger partial charge < -0.3 is 10.6 Å². The van der Waals surface area contributed by atoms with Crippen LogP contribution in [0.25, 0.3) is 0 Å². The Balaban J connectivity index is 1.89. The molecule has 3 aromatic rings. The van der Waals surface area contributed by atoms with E-state index in [1.165, 1.54) is 6.33 Å². The molecule has 0 fully saturated rings. The second-order valence-electron chi connectivity index (χ2n) is 5.19. The minimum absolute atomic E-state index is 0.0792. The minimum atomic E-state index is -0.522. The summed E-state index contributed by atoms with van der Waals surface area (Å²) >= 11 is 0. The van der Waals surface area contributed by atoms with Crippen molar-refractivity contribution in [1.29, 1.82) is 0 Å². The van der Waals surface area contributed by atoms with Crippen molar-refractivity contribution in [3.63, 3.8) is 0 Å². The highest BCUT2D eigenvalue weighted by Gasteiger charge is 2.23. The van der Waals surface area contributed by atoms with Crippen molar-refractivity contribution in [2.24, 2.45) is 0 Å². The highest BCUT2D eigenvalue weighted by molar-refractivity contribution is 5.73. The van der Waals surface area contributed by atoms with Crippen molar-refractivity contribution in [3.8, 4) is 0 Å². The Morgan fingerprint density at radius 1 is 1.08 bits per heavy atom. The molecule has 0 unspecified atom stereocenters. The number of aryl methyl sites for hydroxylation is 1. The lowest BCUT2D eigenvalue weighted by molar-refractivity contribution is -0.383. The maximum atomic E-state index is 11.5. The first kappa shape index (κ1) is 16.2. The van der Waals surface area contributed by atoms with Crippen LogP contribution in [0, 0.1) is 17.0 Å². The van der Waals surface area contributed by atoms with Crippen LogP contribution in [0.5, 0.6) is 0 Å². The molecule has 3 rings (SSSR count). The van der Waals surface area contributed by atoms with E-state index in [0.29, 0.717) is 12.4 Å². The Labute approximate surface area is 143 Å². The fourth-order valence-electron chi connectivity index (χ4n) is 2.19. The lowest BCUT2D eigenvalue weighted by atomic mass is 10.3. The van der Waals surface area contributed by atoms with Gasteiger partial charge in [-0.2, -0.15) is 0 Å². The van der Waals surface area contributed by atoms with Gasteiger partial charge in [0.25, 0.3) is 0 Å². The van der Waals surface area contributed by atoms with Crippen LogP contribution >= 0.6 is 0 Å². The molecule has 9 heteroatoms. The number of nitro groups is 1. The summed E-state index contributed by atoms with van der Waals surface area (Å²) in [5.41, 5.74) is 1.49. The molecule has 0 atom stereocenters. The van der Waals surface area contributed by atoms with E-state index in [9.17, 15) is 10.1 Å². The maximum Gasteiger partial charge on any atom is 0.353 e. The Hall–Kier alpha value is -3.62. The fraction of sp³-hybridized carbons (Fsp3) is 0.125. The van der Waals surface area contributed by atoms with Gasteiger partial charge in [-0.25, -0.2) is 15.0 Å². The monoisotopic (exact) mass is 337 g/mol. The van der Waals surface area contributed by atoms with Crippen LogP contribution < -0.4 is 10.6 Å². The van der Waals surface area contributed by atoms with E-state index in [1.54, 1.807) is 30.7 Å². The summed E-state index contributed by atoms with van der Waals surface area (Å²) in [6.45, 7) is 2.21. The summed E-state index contributed by atoms with van der Waals surface area (Å²) in [5.74, 6) is 0.706. The Bertz CT molecular complexity index is 887. The van der Waals surface area contributed by atoms with Crippen molar-refractivity contribution in [1.82, 2.24) is 19.9 Å². The topological polar surface area (TPSA) is 119 Å². The van der Waals surface area contributed by atoms with Crippen molar-refractivity contribution in [2.45, 2.75) is 13.5 Å². The predicted octanol–water partition coefficient (Wildman–Crippen LogP) is 2.84. The zero-order chi connectivity index (χ0) is 17.6. The van der Waals surface area contributed by atoms with Gasteiger partial charge in [0.15, 0.2) is 0 Å². The second kappa shape index (κ2) is 7.30. The molecule has 126 valence electrons. The lowest BCUT2D eigenvalue weighted by Crippen LogP contribution is -2.09. The molecule has 0 aliphatic carbocycles. The van der Waals surface area contributed by atoms with Gasteiger partial charge in [-0.1, -0.05) is 12.1 Å². The Morgan fingerprint density at radius 3 is 2.60 bits per heavy atom. The van der Waals surface area contributed by atoms with E-state index in [1.807, 2.05) is 19.1 Å². The van der Waals surface area contributed by atoms with E-state index in [4.69, 9.17) is 0 Å². The van der Waals surface area contributed by atoms with Gasteiger partial charge in [0.05, 0.1) is 4.92 Å². The molecule has 0 saturated heterocycles. The third-order valence-corrected chi connectivity index (χ3v) is 3.43. The van der Waals surface area contributed by atoms with E-state index in [-0.39, 0.29) is 17.3 Å².